The molecule has 2 aromatic heterocycles. The normalized spacial score (nSPS) is 11.3. The first-order chi connectivity index (χ1) is 17.8. The zero-order valence-corrected chi connectivity index (χ0v) is 19.5. The van der Waals surface area contributed by atoms with E-state index in [-0.39, 0.29) is 0 Å². The summed E-state index contributed by atoms with van der Waals surface area (Å²) < 4.78 is 4.64. The van der Waals surface area contributed by atoms with Crippen LogP contribution in [0.2, 0.25) is 0 Å². The lowest BCUT2D eigenvalue weighted by molar-refractivity contribution is 1.13. The van der Waals surface area contributed by atoms with Crippen LogP contribution in [0.5, 0.6) is 0 Å². The van der Waals surface area contributed by atoms with Gasteiger partial charge in [0.1, 0.15) is 0 Å². The SMILES string of the molecule is N#Cc1ccc(-c2cccc(-n3c4ccccc4c4ccc5c(ccn5-c5ccccc5)c43)c2)cc1. The van der Waals surface area contributed by atoms with Crippen LogP contribution in [0.25, 0.3) is 55.2 Å². The average Bonchev–Trinajstić information content (AvgIpc) is 3.53. The van der Waals surface area contributed by atoms with E-state index in [9.17, 15) is 5.26 Å². The van der Waals surface area contributed by atoms with Crippen LogP contribution >= 0.6 is 0 Å². The van der Waals surface area contributed by atoms with Crippen molar-refractivity contribution in [2.75, 3.05) is 0 Å². The quantitative estimate of drug-likeness (QED) is 0.262. The summed E-state index contributed by atoms with van der Waals surface area (Å²) in [6.45, 7) is 0. The molecule has 0 N–H and O–H groups in total. The zero-order chi connectivity index (χ0) is 24.1. The van der Waals surface area contributed by atoms with E-state index in [1.54, 1.807) is 0 Å². The highest BCUT2D eigenvalue weighted by Gasteiger charge is 2.17. The van der Waals surface area contributed by atoms with Gasteiger partial charge in [0.05, 0.1) is 28.2 Å². The summed E-state index contributed by atoms with van der Waals surface area (Å²) in [7, 11) is 0. The number of benzene rings is 5. The number of hydrogen-bond donors (Lipinski definition) is 0. The van der Waals surface area contributed by atoms with Gasteiger partial charge in [0.25, 0.3) is 0 Å². The molecule has 0 fully saturated rings. The van der Waals surface area contributed by atoms with Crippen molar-refractivity contribution in [3.05, 3.63) is 133 Å². The highest BCUT2D eigenvalue weighted by atomic mass is 15.0. The molecule has 0 unspecified atom stereocenters. The standard InChI is InChI=1S/C33H21N3/c34-22-23-13-15-24(16-14-23)25-7-6-10-27(21-25)36-32-12-5-4-11-28(32)29-17-18-31-30(33(29)36)19-20-35(31)26-8-2-1-3-9-26/h1-21H. The van der Waals surface area contributed by atoms with E-state index >= 15 is 0 Å². The number of nitrogens with zero attached hydrogens (tertiary/aromatic N) is 3. The summed E-state index contributed by atoms with van der Waals surface area (Å²) in [6.07, 6.45) is 2.16. The number of hydrogen-bond acceptors (Lipinski definition) is 1. The van der Waals surface area contributed by atoms with Crippen molar-refractivity contribution in [3.8, 4) is 28.6 Å². The van der Waals surface area contributed by atoms with Gasteiger partial charge in [-0.2, -0.15) is 5.26 Å². The second kappa shape index (κ2) is 8.01. The van der Waals surface area contributed by atoms with E-state index in [1.165, 1.54) is 32.7 Å². The number of nitriles is 1. The lowest BCUT2D eigenvalue weighted by Gasteiger charge is -2.11. The monoisotopic (exact) mass is 459 g/mol. The number of para-hydroxylation sites is 2. The maximum atomic E-state index is 9.18. The molecule has 0 aliphatic rings. The number of fused-ring (bicyclic) bond motifs is 5. The van der Waals surface area contributed by atoms with Crippen LogP contribution in [0, 0.1) is 11.3 Å². The van der Waals surface area contributed by atoms with E-state index in [1.807, 2.05) is 30.3 Å². The predicted molar refractivity (Wildman–Crippen MR) is 148 cm³/mol. The fraction of sp³-hybridized carbons (Fsp3) is 0. The highest BCUT2D eigenvalue weighted by Crippen LogP contribution is 2.38. The van der Waals surface area contributed by atoms with E-state index in [0.29, 0.717) is 5.56 Å². The first-order valence-electron chi connectivity index (χ1n) is 12.0. The van der Waals surface area contributed by atoms with Gasteiger partial charge in [-0.3, -0.25) is 0 Å². The second-order valence-electron chi connectivity index (χ2n) is 9.01. The molecule has 0 atom stereocenters. The Balaban J connectivity index is 1.51. The Kier molecular flexibility index (Phi) is 4.52. The summed E-state index contributed by atoms with van der Waals surface area (Å²) in [4.78, 5) is 0. The molecule has 0 bridgehead atoms. The minimum atomic E-state index is 0.669. The predicted octanol–water partition coefficient (Wildman–Crippen LogP) is 8.27. The first kappa shape index (κ1) is 20.3. The fourth-order valence-corrected chi connectivity index (χ4v) is 5.32. The third kappa shape index (κ3) is 3.06. The van der Waals surface area contributed by atoms with E-state index in [0.717, 1.165) is 22.5 Å². The van der Waals surface area contributed by atoms with Crippen LogP contribution in [-0.4, -0.2) is 9.13 Å². The van der Waals surface area contributed by atoms with Crippen molar-refractivity contribution in [2.45, 2.75) is 0 Å². The molecule has 3 nitrogen and oxygen atoms in total. The Morgan fingerprint density at radius 3 is 2.14 bits per heavy atom. The number of aromatic nitrogens is 2. The summed E-state index contributed by atoms with van der Waals surface area (Å²) in [6, 6.07) is 44.4. The third-order valence-corrected chi connectivity index (χ3v) is 6.99. The van der Waals surface area contributed by atoms with E-state index < -0.39 is 0 Å². The molecular weight excluding hydrogens is 438 g/mol. The summed E-state index contributed by atoms with van der Waals surface area (Å²) in [5.41, 5.74) is 8.72. The van der Waals surface area contributed by atoms with Crippen LogP contribution in [0.4, 0.5) is 0 Å². The van der Waals surface area contributed by atoms with Gasteiger partial charge in [0, 0.05) is 33.7 Å². The molecule has 2 heterocycles. The Bertz CT molecular complexity index is 1930. The second-order valence-corrected chi connectivity index (χ2v) is 9.01. The smallest absolute Gasteiger partial charge is 0.0991 e. The lowest BCUT2D eigenvalue weighted by atomic mass is 10.0. The zero-order valence-electron chi connectivity index (χ0n) is 19.5. The van der Waals surface area contributed by atoms with Crippen molar-refractivity contribution in [1.82, 2.24) is 9.13 Å². The van der Waals surface area contributed by atoms with Gasteiger partial charge in [0.2, 0.25) is 0 Å². The van der Waals surface area contributed by atoms with Gasteiger partial charge in [-0.25, -0.2) is 0 Å². The molecule has 0 aliphatic carbocycles. The molecule has 7 rings (SSSR count). The molecule has 0 saturated heterocycles. The topological polar surface area (TPSA) is 33.6 Å². The molecule has 7 aromatic rings. The minimum absolute atomic E-state index is 0.669. The van der Waals surface area contributed by atoms with Crippen LogP contribution in [0.1, 0.15) is 5.56 Å². The highest BCUT2D eigenvalue weighted by molar-refractivity contribution is 6.18. The van der Waals surface area contributed by atoms with E-state index in [2.05, 4.69) is 112 Å². The van der Waals surface area contributed by atoms with Crippen molar-refractivity contribution >= 4 is 32.7 Å². The maximum Gasteiger partial charge on any atom is 0.0991 e. The van der Waals surface area contributed by atoms with E-state index in [4.69, 9.17) is 0 Å². The van der Waals surface area contributed by atoms with Gasteiger partial charge in [-0.15, -0.1) is 0 Å². The van der Waals surface area contributed by atoms with Crippen molar-refractivity contribution < 1.29 is 0 Å². The van der Waals surface area contributed by atoms with Crippen molar-refractivity contribution in [2.24, 2.45) is 0 Å². The molecule has 0 spiro atoms. The molecule has 0 radical (unpaired) electrons. The molecule has 168 valence electrons. The average molecular weight is 460 g/mol. The van der Waals surface area contributed by atoms with Crippen LogP contribution in [0.15, 0.2) is 128 Å². The van der Waals surface area contributed by atoms with Crippen molar-refractivity contribution in [3.63, 3.8) is 0 Å². The number of rotatable bonds is 3. The summed E-state index contributed by atoms with van der Waals surface area (Å²) >= 11 is 0. The third-order valence-electron chi connectivity index (χ3n) is 6.99. The summed E-state index contributed by atoms with van der Waals surface area (Å²) in [5, 5.41) is 12.9. The largest absolute Gasteiger partial charge is 0.316 e. The van der Waals surface area contributed by atoms with Gasteiger partial charge < -0.3 is 9.13 Å². The molecule has 0 saturated carbocycles. The summed E-state index contributed by atoms with van der Waals surface area (Å²) in [5.74, 6) is 0. The fourth-order valence-electron chi connectivity index (χ4n) is 5.32. The lowest BCUT2D eigenvalue weighted by Crippen LogP contribution is -1.95. The molecule has 36 heavy (non-hydrogen) atoms. The van der Waals surface area contributed by atoms with Gasteiger partial charge in [0.15, 0.2) is 0 Å². The van der Waals surface area contributed by atoms with Gasteiger partial charge in [-0.1, -0.05) is 66.7 Å². The Hall–Kier alpha value is -5.07. The van der Waals surface area contributed by atoms with Crippen molar-refractivity contribution in [1.29, 1.82) is 5.26 Å². The van der Waals surface area contributed by atoms with Crippen LogP contribution < -0.4 is 0 Å². The van der Waals surface area contributed by atoms with Crippen LogP contribution in [-0.2, 0) is 0 Å². The van der Waals surface area contributed by atoms with Gasteiger partial charge >= 0.3 is 0 Å². The first-order valence-corrected chi connectivity index (χ1v) is 12.0. The Labute approximate surface area is 208 Å². The van der Waals surface area contributed by atoms with Gasteiger partial charge in [-0.05, 0) is 65.7 Å². The molecule has 3 heteroatoms. The molecular formula is C33H21N3. The Morgan fingerprint density at radius 2 is 1.31 bits per heavy atom. The maximum absolute atomic E-state index is 9.18. The molecule has 0 amide bonds. The Morgan fingerprint density at radius 1 is 0.528 bits per heavy atom. The molecule has 0 aliphatic heterocycles. The molecule has 5 aromatic carbocycles. The minimum Gasteiger partial charge on any atom is -0.316 e. The van der Waals surface area contributed by atoms with Crippen LogP contribution in [0.3, 0.4) is 0 Å².